The van der Waals surface area contributed by atoms with E-state index in [9.17, 15) is 13.2 Å². The molecule has 0 fully saturated rings. The molecule has 0 aliphatic carbocycles. The number of fused-ring (bicyclic) bond motifs is 1. The number of thiophene rings is 1. The summed E-state index contributed by atoms with van der Waals surface area (Å²) in [4.78, 5) is 16.7. The number of sulfonamides is 1. The normalized spacial score (nSPS) is 19.8. The quantitative estimate of drug-likeness (QED) is 0.655. The van der Waals surface area contributed by atoms with Gasteiger partial charge in [-0.05, 0) is 47.4 Å². The van der Waals surface area contributed by atoms with Crippen LogP contribution in [0.1, 0.15) is 29.8 Å². The van der Waals surface area contributed by atoms with Crippen LogP contribution in [-0.2, 0) is 21.2 Å². The minimum Gasteiger partial charge on any atom is -0.334 e. The summed E-state index contributed by atoms with van der Waals surface area (Å²) in [6.07, 6.45) is 1.65. The molecule has 2 aliphatic heterocycles. The number of rotatable bonds is 3. The van der Waals surface area contributed by atoms with Gasteiger partial charge < -0.3 is 4.90 Å². The lowest BCUT2D eigenvalue weighted by Crippen LogP contribution is -2.45. The Hall–Kier alpha value is -2.38. The molecule has 1 aromatic heterocycles. The van der Waals surface area contributed by atoms with Crippen LogP contribution in [0.15, 0.2) is 52.7 Å². The van der Waals surface area contributed by atoms with Crippen molar-refractivity contribution in [2.45, 2.75) is 30.7 Å². The molecule has 7 heteroatoms. The second kappa shape index (κ2) is 6.32. The van der Waals surface area contributed by atoms with E-state index in [1.54, 1.807) is 29.5 Å². The van der Waals surface area contributed by atoms with E-state index in [0.717, 1.165) is 18.2 Å². The fourth-order valence-electron chi connectivity index (χ4n) is 4.48. The van der Waals surface area contributed by atoms with Crippen LogP contribution in [0.2, 0.25) is 0 Å². The summed E-state index contributed by atoms with van der Waals surface area (Å²) < 4.78 is 27.6. The molecule has 1 amide bonds. The first-order chi connectivity index (χ1) is 13.5. The van der Waals surface area contributed by atoms with Crippen molar-refractivity contribution in [2.24, 2.45) is 0 Å². The van der Waals surface area contributed by atoms with Gasteiger partial charge in [0.25, 0.3) is 10.0 Å². The standard InChI is InChI=1S/C21H20N2O3S2/c1-2-16-15-10-12-27-18(15)9-11-22(16)20(24)13-23-17-7-3-5-14-6-4-8-19(21(14)17)28(23,25)26/h3-8,10,12,16H,2,9,11,13H2,1H3. The van der Waals surface area contributed by atoms with Crippen molar-refractivity contribution in [1.29, 1.82) is 0 Å². The van der Waals surface area contributed by atoms with Gasteiger partial charge in [0.2, 0.25) is 5.91 Å². The SMILES string of the molecule is CCC1c2ccsc2CCN1C(=O)CN1c2cccc3cccc(c23)S1(=O)=O. The third-order valence-electron chi connectivity index (χ3n) is 5.76. The van der Waals surface area contributed by atoms with Gasteiger partial charge in [-0.15, -0.1) is 11.3 Å². The molecule has 0 radical (unpaired) electrons. The predicted molar refractivity (Wildman–Crippen MR) is 111 cm³/mol. The van der Waals surface area contributed by atoms with Crippen molar-refractivity contribution in [3.05, 3.63) is 58.3 Å². The molecule has 5 rings (SSSR count). The highest BCUT2D eigenvalue weighted by Crippen LogP contribution is 2.42. The zero-order chi connectivity index (χ0) is 19.5. The molecule has 0 spiro atoms. The highest BCUT2D eigenvalue weighted by atomic mass is 32.2. The lowest BCUT2D eigenvalue weighted by atomic mass is 9.98. The van der Waals surface area contributed by atoms with Crippen LogP contribution in [0, 0.1) is 0 Å². The number of hydrogen-bond acceptors (Lipinski definition) is 4. The van der Waals surface area contributed by atoms with Crippen molar-refractivity contribution in [1.82, 2.24) is 4.90 Å². The summed E-state index contributed by atoms with van der Waals surface area (Å²) in [5, 5.41) is 3.66. The summed E-state index contributed by atoms with van der Waals surface area (Å²) in [6, 6.07) is 12.9. The van der Waals surface area contributed by atoms with E-state index in [4.69, 9.17) is 0 Å². The molecule has 3 aromatic rings. The minimum absolute atomic E-state index is 0.0194. The molecule has 1 unspecified atom stereocenters. The zero-order valence-electron chi connectivity index (χ0n) is 15.5. The number of nitrogens with zero attached hydrogens (tertiary/aromatic N) is 2. The molecular formula is C21H20N2O3S2. The Bertz CT molecular complexity index is 1190. The Morgan fingerprint density at radius 1 is 1.18 bits per heavy atom. The maximum Gasteiger partial charge on any atom is 0.265 e. The van der Waals surface area contributed by atoms with Crippen LogP contribution >= 0.6 is 11.3 Å². The molecule has 28 heavy (non-hydrogen) atoms. The molecule has 3 heterocycles. The molecule has 0 saturated heterocycles. The molecule has 5 nitrogen and oxygen atoms in total. The summed E-state index contributed by atoms with van der Waals surface area (Å²) in [5.41, 5.74) is 1.81. The van der Waals surface area contributed by atoms with E-state index >= 15 is 0 Å². The van der Waals surface area contributed by atoms with Crippen LogP contribution in [0.4, 0.5) is 5.69 Å². The first-order valence-electron chi connectivity index (χ1n) is 9.42. The number of hydrogen-bond donors (Lipinski definition) is 0. The molecule has 0 N–H and O–H groups in total. The fraction of sp³-hybridized carbons (Fsp3) is 0.286. The Labute approximate surface area is 168 Å². The van der Waals surface area contributed by atoms with E-state index in [2.05, 4.69) is 18.4 Å². The summed E-state index contributed by atoms with van der Waals surface area (Å²) in [7, 11) is -3.72. The van der Waals surface area contributed by atoms with Gasteiger partial charge in [-0.2, -0.15) is 0 Å². The molecule has 2 aromatic carbocycles. The Morgan fingerprint density at radius 3 is 2.75 bits per heavy atom. The minimum atomic E-state index is -3.72. The molecule has 2 aliphatic rings. The van der Waals surface area contributed by atoms with Crippen LogP contribution in [0.3, 0.4) is 0 Å². The van der Waals surface area contributed by atoms with Gasteiger partial charge >= 0.3 is 0 Å². The largest absolute Gasteiger partial charge is 0.334 e. The second-order valence-corrected chi connectivity index (χ2v) is 10.0. The molecular weight excluding hydrogens is 392 g/mol. The summed E-state index contributed by atoms with van der Waals surface area (Å²) in [5.74, 6) is -0.142. The van der Waals surface area contributed by atoms with E-state index in [-0.39, 0.29) is 18.5 Å². The van der Waals surface area contributed by atoms with Gasteiger partial charge in [0, 0.05) is 16.8 Å². The van der Waals surface area contributed by atoms with Crippen LogP contribution in [0.5, 0.6) is 0 Å². The van der Waals surface area contributed by atoms with Gasteiger partial charge in [0.15, 0.2) is 0 Å². The Kier molecular flexibility index (Phi) is 4.00. The van der Waals surface area contributed by atoms with Crippen molar-refractivity contribution < 1.29 is 13.2 Å². The van der Waals surface area contributed by atoms with E-state index in [0.29, 0.717) is 22.5 Å². The third-order valence-corrected chi connectivity index (χ3v) is 8.56. The number of anilines is 1. The summed E-state index contributed by atoms with van der Waals surface area (Å²) in [6.45, 7) is 2.54. The zero-order valence-corrected chi connectivity index (χ0v) is 17.1. The monoisotopic (exact) mass is 412 g/mol. The van der Waals surface area contributed by atoms with Crippen LogP contribution in [0.25, 0.3) is 10.8 Å². The van der Waals surface area contributed by atoms with E-state index in [1.807, 2.05) is 23.1 Å². The number of carbonyl (C=O) groups is 1. The predicted octanol–water partition coefficient (Wildman–Crippen LogP) is 3.95. The fourth-order valence-corrected chi connectivity index (χ4v) is 7.07. The van der Waals surface area contributed by atoms with Crippen molar-refractivity contribution in [3.63, 3.8) is 0 Å². The van der Waals surface area contributed by atoms with Crippen LogP contribution < -0.4 is 4.31 Å². The third kappa shape index (κ3) is 2.42. The molecule has 1 atom stereocenters. The lowest BCUT2D eigenvalue weighted by Gasteiger charge is -2.36. The average Bonchev–Trinajstić information content (AvgIpc) is 3.26. The average molecular weight is 413 g/mol. The highest BCUT2D eigenvalue weighted by molar-refractivity contribution is 7.93. The summed E-state index contributed by atoms with van der Waals surface area (Å²) >= 11 is 1.73. The first kappa shape index (κ1) is 17.7. The van der Waals surface area contributed by atoms with Gasteiger partial charge in [-0.1, -0.05) is 31.2 Å². The number of benzene rings is 2. The second-order valence-electron chi connectivity index (χ2n) is 7.20. The first-order valence-corrected chi connectivity index (χ1v) is 11.7. The molecule has 144 valence electrons. The van der Waals surface area contributed by atoms with Crippen molar-refractivity contribution in [3.8, 4) is 0 Å². The lowest BCUT2D eigenvalue weighted by molar-refractivity contribution is -0.132. The van der Waals surface area contributed by atoms with Gasteiger partial charge in [-0.25, -0.2) is 8.42 Å². The Balaban J connectivity index is 1.50. The maximum absolute atomic E-state index is 13.2. The van der Waals surface area contributed by atoms with Crippen molar-refractivity contribution >= 4 is 43.7 Å². The van der Waals surface area contributed by atoms with E-state index in [1.165, 1.54) is 14.7 Å². The van der Waals surface area contributed by atoms with Gasteiger partial charge in [-0.3, -0.25) is 9.10 Å². The smallest absolute Gasteiger partial charge is 0.265 e. The van der Waals surface area contributed by atoms with Crippen molar-refractivity contribution in [2.75, 3.05) is 17.4 Å². The number of carbonyl (C=O) groups excluding carboxylic acids is 1. The highest BCUT2D eigenvalue weighted by Gasteiger charge is 2.39. The Morgan fingerprint density at radius 2 is 1.96 bits per heavy atom. The topological polar surface area (TPSA) is 57.7 Å². The van der Waals surface area contributed by atoms with Gasteiger partial charge in [0.1, 0.15) is 6.54 Å². The van der Waals surface area contributed by atoms with Crippen LogP contribution in [-0.4, -0.2) is 32.3 Å². The van der Waals surface area contributed by atoms with E-state index < -0.39 is 10.0 Å². The maximum atomic E-state index is 13.2. The molecule has 0 bridgehead atoms. The number of amides is 1. The van der Waals surface area contributed by atoms with Gasteiger partial charge in [0.05, 0.1) is 16.6 Å². The molecule has 0 saturated carbocycles.